The van der Waals surface area contributed by atoms with Crippen LogP contribution in [-0.2, 0) is 0 Å². The number of hydrogen-bond donors (Lipinski definition) is 1. The van der Waals surface area contributed by atoms with Gasteiger partial charge in [-0.15, -0.1) is 0 Å². The van der Waals surface area contributed by atoms with Gasteiger partial charge in [0.15, 0.2) is 0 Å². The summed E-state index contributed by atoms with van der Waals surface area (Å²) in [4.78, 5) is 15.7. The van der Waals surface area contributed by atoms with Gasteiger partial charge in [-0.25, -0.2) is 4.79 Å². The zero-order valence-electron chi connectivity index (χ0n) is 9.42. The number of carbonyl (C=O) groups is 1. The van der Waals surface area contributed by atoms with Crippen molar-refractivity contribution in [3.63, 3.8) is 0 Å². The predicted molar refractivity (Wildman–Crippen MR) is 57.1 cm³/mol. The van der Waals surface area contributed by atoms with Crippen molar-refractivity contribution in [3.05, 3.63) is 0 Å². The number of carbonyl (C=O) groups excluding carboxylic acids is 1. The SMILES string of the molecule is CCNCN1CCCN(C(C)C)C1=O. The predicted octanol–water partition coefficient (Wildman–Crippen LogP) is 1.09. The molecule has 4 heteroatoms. The van der Waals surface area contributed by atoms with E-state index in [4.69, 9.17) is 0 Å². The minimum absolute atomic E-state index is 0.173. The molecule has 0 radical (unpaired) electrons. The Balaban J connectivity index is 2.48. The summed E-state index contributed by atoms with van der Waals surface area (Å²) < 4.78 is 0. The molecule has 1 N–H and O–H groups in total. The van der Waals surface area contributed by atoms with Gasteiger partial charge < -0.3 is 15.1 Å². The summed E-state index contributed by atoms with van der Waals surface area (Å²) in [5.41, 5.74) is 0. The van der Waals surface area contributed by atoms with Gasteiger partial charge in [0.1, 0.15) is 0 Å². The van der Waals surface area contributed by atoms with Crippen molar-refractivity contribution < 1.29 is 4.79 Å². The Kier molecular flexibility index (Phi) is 4.20. The van der Waals surface area contributed by atoms with E-state index in [0.29, 0.717) is 12.7 Å². The van der Waals surface area contributed by atoms with E-state index in [1.807, 2.05) is 9.80 Å². The lowest BCUT2D eigenvalue weighted by Crippen LogP contribution is -2.54. The van der Waals surface area contributed by atoms with Gasteiger partial charge in [0.2, 0.25) is 0 Å². The van der Waals surface area contributed by atoms with Crippen LogP contribution in [0.2, 0.25) is 0 Å². The molecule has 1 aliphatic heterocycles. The topological polar surface area (TPSA) is 35.6 Å². The third-order valence-electron chi connectivity index (χ3n) is 2.52. The number of rotatable bonds is 4. The molecule has 1 saturated heterocycles. The van der Waals surface area contributed by atoms with Crippen LogP contribution in [0.25, 0.3) is 0 Å². The standard InChI is InChI=1S/C10H21N3O/c1-4-11-8-12-6-5-7-13(9(2)3)10(12)14/h9,11H,4-8H2,1-3H3. The maximum Gasteiger partial charge on any atom is 0.321 e. The second-order valence-electron chi connectivity index (χ2n) is 3.95. The Morgan fingerprint density at radius 2 is 2.14 bits per heavy atom. The van der Waals surface area contributed by atoms with E-state index in [2.05, 4.69) is 26.1 Å². The van der Waals surface area contributed by atoms with E-state index in [1.165, 1.54) is 0 Å². The van der Waals surface area contributed by atoms with Crippen LogP contribution in [0.15, 0.2) is 0 Å². The van der Waals surface area contributed by atoms with Crippen LogP contribution in [0.3, 0.4) is 0 Å². The van der Waals surface area contributed by atoms with E-state index in [0.717, 1.165) is 26.1 Å². The van der Waals surface area contributed by atoms with Crippen LogP contribution in [0.4, 0.5) is 4.79 Å². The lowest BCUT2D eigenvalue weighted by Gasteiger charge is -2.37. The lowest BCUT2D eigenvalue weighted by molar-refractivity contribution is 0.112. The first-order chi connectivity index (χ1) is 6.66. The summed E-state index contributed by atoms with van der Waals surface area (Å²) in [5.74, 6) is 0. The van der Waals surface area contributed by atoms with E-state index < -0.39 is 0 Å². The van der Waals surface area contributed by atoms with Crippen LogP contribution in [0, 0.1) is 0 Å². The first kappa shape index (κ1) is 11.3. The second-order valence-corrected chi connectivity index (χ2v) is 3.95. The first-order valence-corrected chi connectivity index (χ1v) is 5.43. The summed E-state index contributed by atoms with van der Waals surface area (Å²) in [6.45, 7) is 9.55. The molecule has 1 rings (SSSR count). The fraction of sp³-hybridized carbons (Fsp3) is 0.900. The molecule has 0 spiro atoms. The number of urea groups is 1. The highest BCUT2D eigenvalue weighted by Gasteiger charge is 2.26. The van der Waals surface area contributed by atoms with Crippen molar-refractivity contribution in [1.29, 1.82) is 0 Å². The van der Waals surface area contributed by atoms with E-state index in [9.17, 15) is 4.79 Å². The number of amides is 2. The Morgan fingerprint density at radius 3 is 2.71 bits per heavy atom. The van der Waals surface area contributed by atoms with Gasteiger partial charge in [-0.1, -0.05) is 6.92 Å². The molecular weight excluding hydrogens is 178 g/mol. The smallest absolute Gasteiger partial charge is 0.321 e. The van der Waals surface area contributed by atoms with Gasteiger partial charge >= 0.3 is 6.03 Å². The largest absolute Gasteiger partial charge is 0.322 e. The second kappa shape index (κ2) is 5.20. The number of hydrogen-bond acceptors (Lipinski definition) is 2. The summed E-state index contributed by atoms with van der Waals surface area (Å²) in [7, 11) is 0. The molecule has 0 saturated carbocycles. The Bertz CT molecular complexity index is 194. The van der Waals surface area contributed by atoms with Crippen LogP contribution in [0.5, 0.6) is 0 Å². The van der Waals surface area contributed by atoms with Gasteiger partial charge in [-0.2, -0.15) is 0 Å². The van der Waals surface area contributed by atoms with E-state index in [-0.39, 0.29) is 6.03 Å². The van der Waals surface area contributed by atoms with Crippen molar-refractivity contribution in [2.75, 3.05) is 26.3 Å². The molecule has 4 nitrogen and oxygen atoms in total. The van der Waals surface area contributed by atoms with Crippen LogP contribution in [0.1, 0.15) is 27.2 Å². The molecule has 0 aliphatic carbocycles. The van der Waals surface area contributed by atoms with Crippen molar-refractivity contribution in [3.8, 4) is 0 Å². The van der Waals surface area contributed by atoms with Crippen LogP contribution < -0.4 is 5.32 Å². The van der Waals surface area contributed by atoms with Crippen LogP contribution in [-0.4, -0.2) is 48.2 Å². The minimum atomic E-state index is 0.173. The lowest BCUT2D eigenvalue weighted by atomic mass is 10.2. The molecule has 14 heavy (non-hydrogen) atoms. The van der Waals surface area contributed by atoms with Crippen molar-refractivity contribution in [1.82, 2.24) is 15.1 Å². The molecule has 0 bridgehead atoms. The molecule has 0 aromatic rings. The normalized spacial score (nSPS) is 18.1. The quantitative estimate of drug-likeness (QED) is 0.735. The Morgan fingerprint density at radius 1 is 1.43 bits per heavy atom. The highest BCUT2D eigenvalue weighted by molar-refractivity contribution is 5.75. The monoisotopic (exact) mass is 199 g/mol. The molecule has 0 aromatic heterocycles. The zero-order valence-corrected chi connectivity index (χ0v) is 9.42. The maximum absolute atomic E-state index is 11.9. The summed E-state index contributed by atoms with van der Waals surface area (Å²) in [6, 6.07) is 0.485. The molecule has 1 aliphatic rings. The third-order valence-corrected chi connectivity index (χ3v) is 2.52. The van der Waals surface area contributed by atoms with Crippen molar-refractivity contribution >= 4 is 6.03 Å². The van der Waals surface area contributed by atoms with Crippen molar-refractivity contribution in [2.45, 2.75) is 33.2 Å². The molecule has 0 aromatic carbocycles. The van der Waals surface area contributed by atoms with Gasteiger partial charge in [0.05, 0.1) is 6.67 Å². The van der Waals surface area contributed by atoms with Crippen LogP contribution >= 0.6 is 0 Å². The fourth-order valence-electron chi connectivity index (χ4n) is 1.68. The summed E-state index contributed by atoms with van der Waals surface area (Å²) >= 11 is 0. The molecule has 2 amide bonds. The molecule has 0 atom stereocenters. The molecule has 1 fully saturated rings. The minimum Gasteiger partial charge on any atom is -0.322 e. The summed E-state index contributed by atoms with van der Waals surface area (Å²) in [6.07, 6.45) is 1.08. The average molecular weight is 199 g/mol. The average Bonchev–Trinajstić information content (AvgIpc) is 2.16. The Hall–Kier alpha value is -0.770. The summed E-state index contributed by atoms with van der Waals surface area (Å²) in [5, 5.41) is 3.19. The molecule has 0 unspecified atom stereocenters. The van der Waals surface area contributed by atoms with Gasteiger partial charge in [0, 0.05) is 19.1 Å². The Labute approximate surface area is 86.2 Å². The molecule has 1 heterocycles. The molecule has 82 valence electrons. The van der Waals surface area contributed by atoms with E-state index >= 15 is 0 Å². The fourth-order valence-corrected chi connectivity index (χ4v) is 1.68. The number of nitrogens with zero attached hydrogens (tertiary/aromatic N) is 2. The highest BCUT2D eigenvalue weighted by Crippen LogP contribution is 2.11. The van der Waals surface area contributed by atoms with Gasteiger partial charge in [0.25, 0.3) is 0 Å². The van der Waals surface area contributed by atoms with Gasteiger partial charge in [-0.3, -0.25) is 0 Å². The molecular formula is C10H21N3O. The first-order valence-electron chi connectivity index (χ1n) is 5.43. The maximum atomic E-state index is 11.9. The van der Waals surface area contributed by atoms with E-state index in [1.54, 1.807) is 0 Å². The van der Waals surface area contributed by atoms with Gasteiger partial charge in [-0.05, 0) is 26.8 Å². The van der Waals surface area contributed by atoms with Crippen molar-refractivity contribution in [2.24, 2.45) is 0 Å². The zero-order chi connectivity index (χ0) is 10.6. The third kappa shape index (κ3) is 2.61. The highest BCUT2D eigenvalue weighted by atomic mass is 16.2. The number of nitrogens with one attached hydrogen (secondary N) is 1.